The third kappa shape index (κ3) is 2.84. The standard InChI is InChI=1S/C10H17O2/c1-8(2)12-10(11)9-6-4-3-5-7-9/h9H,3-7H2,1-2H3. The first-order valence-electron chi connectivity index (χ1n) is 4.72. The summed E-state index contributed by atoms with van der Waals surface area (Å²) >= 11 is 0. The Balaban J connectivity index is 2.30. The summed E-state index contributed by atoms with van der Waals surface area (Å²) in [6, 6.07) is 0. The van der Waals surface area contributed by atoms with E-state index in [2.05, 4.69) is 0 Å². The Bertz CT molecular complexity index is 146. The zero-order chi connectivity index (χ0) is 8.97. The van der Waals surface area contributed by atoms with Gasteiger partial charge in [-0.1, -0.05) is 19.3 Å². The van der Waals surface area contributed by atoms with Gasteiger partial charge in [0.2, 0.25) is 0 Å². The molecule has 1 aliphatic rings. The second kappa shape index (κ2) is 4.48. The monoisotopic (exact) mass is 169 g/mol. The van der Waals surface area contributed by atoms with Crippen LogP contribution in [0, 0.1) is 12.0 Å². The third-order valence-corrected chi connectivity index (χ3v) is 2.24. The van der Waals surface area contributed by atoms with Gasteiger partial charge in [-0.25, -0.2) is 0 Å². The predicted molar refractivity (Wildman–Crippen MR) is 47.3 cm³/mol. The van der Waals surface area contributed by atoms with Crippen molar-refractivity contribution in [1.82, 2.24) is 0 Å². The van der Waals surface area contributed by atoms with Crippen LogP contribution in [0.15, 0.2) is 0 Å². The maximum absolute atomic E-state index is 11.4. The highest BCUT2D eigenvalue weighted by atomic mass is 16.5. The molecule has 2 nitrogen and oxygen atoms in total. The van der Waals surface area contributed by atoms with Gasteiger partial charge in [0.15, 0.2) is 0 Å². The lowest BCUT2D eigenvalue weighted by Gasteiger charge is -2.20. The Morgan fingerprint density at radius 1 is 1.17 bits per heavy atom. The quantitative estimate of drug-likeness (QED) is 0.594. The topological polar surface area (TPSA) is 26.3 Å². The molecule has 1 fully saturated rings. The van der Waals surface area contributed by atoms with Crippen molar-refractivity contribution in [2.24, 2.45) is 5.92 Å². The Morgan fingerprint density at radius 2 is 1.75 bits per heavy atom. The van der Waals surface area contributed by atoms with Crippen LogP contribution in [0.1, 0.15) is 46.0 Å². The fourth-order valence-electron chi connectivity index (χ4n) is 1.62. The van der Waals surface area contributed by atoms with Crippen molar-refractivity contribution in [2.75, 3.05) is 0 Å². The molecule has 1 radical (unpaired) electrons. The van der Waals surface area contributed by atoms with E-state index in [0.29, 0.717) is 0 Å². The molecule has 0 heterocycles. The van der Waals surface area contributed by atoms with Crippen LogP contribution in [0.5, 0.6) is 0 Å². The van der Waals surface area contributed by atoms with Crippen LogP contribution in [-0.2, 0) is 9.53 Å². The molecule has 0 unspecified atom stereocenters. The Kier molecular flexibility index (Phi) is 3.57. The van der Waals surface area contributed by atoms with Gasteiger partial charge in [0.25, 0.3) is 0 Å². The molecule has 2 heteroatoms. The zero-order valence-electron chi connectivity index (χ0n) is 7.93. The van der Waals surface area contributed by atoms with E-state index in [4.69, 9.17) is 4.74 Å². The average molecular weight is 169 g/mol. The summed E-state index contributed by atoms with van der Waals surface area (Å²) in [4.78, 5) is 11.4. The van der Waals surface area contributed by atoms with E-state index in [1.807, 2.05) is 13.8 Å². The molecule has 0 N–H and O–H groups in total. The largest absolute Gasteiger partial charge is 0.455 e. The fraction of sp³-hybridized carbons (Fsp3) is 0.800. The third-order valence-electron chi connectivity index (χ3n) is 2.24. The summed E-state index contributed by atoms with van der Waals surface area (Å²) < 4.78 is 5.07. The van der Waals surface area contributed by atoms with Crippen LogP contribution in [0.3, 0.4) is 0 Å². The summed E-state index contributed by atoms with van der Waals surface area (Å²) in [5, 5.41) is 0. The normalized spacial score (nSPS) is 19.6. The van der Waals surface area contributed by atoms with Gasteiger partial charge in [-0.2, -0.15) is 0 Å². The van der Waals surface area contributed by atoms with Crippen molar-refractivity contribution < 1.29 is 9.53 Å². The molecule has 0 aromatic rings. The molecule has 0 atom stereocenters. The van der Waals surface area contributed by atoms with Gasteiger partial charge in [-0.3, -0.25) is 4.79 Å². The minimum absolute atomic E-state index is 0.0188. The van der Waals surface area contributed by atoms with Crippen LogP contribution < -0.4 is 0 Å². The Morgan fingerprint density at radius 3 is 2.25 bits per heavy atom. The van der Waals surface area contributed by atoms with Crippen molar-refractivity contribution in [2.45, 2.75) is 46.0 Å². The number of hydrogen-bond donors (Lipinski definition) is 0. The average Bonchev–Trinajstić information content (AvgIpc) is 2.05. The van der Waals surface area contributed by atoms with Crippen molar-refractivity contribution in [3.8, 4) is 0 Å². The van der Waals surface area contributed by atoms with Crippen molar-refractivity contribution >= 4 is 5.97 Å². The molecule has 0 aromatic carbocycles. The van der Waals surface area contributed by atoms with Gasteiger partial charge in [-0.15, -0.1) is 0 Å². The lowest BCUT2D eigenvalue weighted by Crippen LogP contribution is -2.20. The number of esters is 1. The molecule has 1 saturated carbocycles. The van der Waals surface area contributed by atoms with E-state index in [-0.39, 0.29) is 11.9 Å². The molecule has 0 saturated heterocycles. The highest BCUT2D eigenvalue weighted by Gasteiger charge is 2.23. The van der Waals surface area contributed by atoms with Gasteiger partial charge >= 0.3 is 5.97 Å². The predicted octanol–water partition coefficient (Wildman–Crippen LogP) is 2.68. The first kappa shape index (κ1) is 9.56. The van der Waals surface area contributed by atoms with E-state index in [1.165, 1.54) is 19.3 Å². The first-order valence-corrected chi connectivity index (χ1v) is 4.72. The van der Waals surface area contributed by atoms with E-state index < -0.39 is 0 Å². The number of hydrogen-bond acceptors (Lipinski definition) is 2. The van der Waals surface area contributed by atoms with E-state index in [0.717, 1.165) is 18.9 Å². The lowest BCUT2D eigenvalue weighted by atomic mass is 9.89. The molecular weight excluding hydrogens is 152 g/mol. The minimum atomic E-state index is -0.0188. The number of carbonyl (C=O) groups is 1. The molecular formula is C10H17O2. The first-order chi connectivity index (χ1) is 5.70. The zero-order valence-corrected chi connectivity index (χ0v) is 7.93. The van der Waals surface area contributed by atoms with Gasteiger partial charge in [-0.05, 0) is 26.7 Å². The second-order valence-electron chi connectivity index (χ2n) is 3.66. The number of rotatable bonds is 2. The Hall–Kier alpha value is -0.530. The summed E-state index contributed by atoms with van der Waals surface area (Å²) in [5.41, 5.74) is 0. The van der Waals surface area contributed by atoms with E-state index >= 15 is 0 Å². The van der Waals surface area contributed by atoms with Crippen molar-refractivity contribution in [3.63, 3.8) is 0 Å². The molecule has 69 valence electrons. The van der Waals surface area contributed by atoms with Crippen LogP contribution in [0.25, 0.3) is 0 Å². The van der Waals surface area contributed by atoms with Crippen molar-refractivity contribution in [3.05, 3.63) is 6.10 Å². The van der Waals surface area contributed by atoms with Crippen molar-refractivity contribution in [1.29, 1.82) is 0 Å². The fourth-order valence-corrected chi connectivity index (χ4v) is 1.62. The molecule has 0 bridgehead atoms. The summed E-state index contributed by atoms with van der Waals surface area (Å²) in [5.74, 6) is 0.156. The number of ether oxygens (including phenoxy) is 1. The van der Waals surface area contributed by atoms with Crippen LogP contribution in [0.4, 0.5) is 0 Å². The van der Waals surface area contributed by atoms with Crippen LogP contribution in [-0.4, -0.2) is 5.97 Å². The Labute approximate surface area is 74.3 Å². The molecule has 1 rings (SSSR count). The van der Waals surface area contributed by atoms with E-state index in [9.17, 15) is 4.79 Å². The molecule has 0 spiro atoms. The maximum atomic E-state index is 11.4. The van der Waals surface area contributed by atoms with E-state index in [1.54, 1.807) is 0 Å². The van der Waals surface area contributed by atoms with Gasteiger partial charge in [0, 0.05) is 0 Å². The smallest absolute Gasteiger partial charge is 0.309 e. The molecule has 0 amide bonds. The van der Waals surface area contributed by atoms with Crippen LogP contribution >= 0.6 is 0 Å². The van der Waals surface area contributed by atoms with Gasteiger partial charge in [0.05, 0.1) is 5.92 Å². The van der Waals surface area contributed by atoms with Gasteiger partial charge in [0.1, 0.15) is 6.10 Å². The lowest BCUT2D eigenvalue weighted by molar-refractivity contribution is -0.148. The summed E-state index contributed by atoms with van der Waals surface area (Å²) in [6.45, 7) is 3.64. The number of carbonyl (C=O) groups excluding carboxylic acids is 1. The highest BCUT2D eigenvalue weighted by molar-refractivity contribution is 5.73. The summed E-state index contributed by atoms with van der Waals surface area (Å²) in [7, 11) is 0. The minimum Gasteiger partial charge on any atom is -0.455 e. The summed E-state index contributed by atoms with van der Waals surface area (Å²) in [6.07, 6.45) is 6.44. The molecule has 12 heavy (non-hydrogen) atoms. The maximum Gasteiger partial charge on any atom is 0.309 e. The van der Waals surface area contributed by atoms with Gasteiger partial charge < -0.3 is 4.74 Å². The highest BCUT2D eigenvalue weighted by Crippen LogP contribution is 2.25. The molecule has 1 aliphatic carbocycles. The van der Waals surface area contributed by atoms with Crippen LogP contribution in [0.2, 0.25) is 0 Å². The molecule has 0 aromatic heterocycles. The second-order valence-corrected chi connectivity index (χ2v) is 3.66. The molecule has 0 aliphatic heterocycles. The SMILES string of the molecule is C[C](C)OC(=O)C1CCCCC1.